The fourth-order valence-electron chi connectivity index (χ4n) is 1.65. The van der Waals surface area contributed by atoms with Gasteiger partial charge in [-0.25, -0.2) is 0 Å². The minimum Gasteiger partial charge on any atom is -0.399 e. The number of rotatable bonds is 2. The number of nitrogen functional groups attached to an aromatic ring is 1. The molecule has 1 aliphatic heterocycles. The number of amides is 1. The lowest BCUT2D eigenvalue weighted by Crippen LogP contribution is -2.23. The van der Waals surface area contributed by atoms with Crippen molar-refractivity contribution in [3.05, 3.63) is 24.3 Å². The first-order valence-corrected chi connectivity index (χ1v) is 5.82. The molecule has 1 aromatic carbocycles. The molecule has 1 aliphatic rings. The van der Waals surface area contributed by atoms with Crippen LogP contribution in [0, 0.1) is 0 Å². The molecular weight excluding hydrogens is 208 g/mol. The first-order chi connectivity index (χ1) is 7.16. The molecular formula is C11H14N2OS. The molecule has 1 heterocycles. The van der Waals surface area contributed by atoms with E-state index < -0.39 is 0 Å². The van der Waals surface area contributed by atoms with E-state index in [-0.39, 0.29) is 11.2 Å². The number of hydrogen-bond donors (Lipinski definition) is 1. The average Bonchev–Trinajstić information content (AvgIpc) is 2.50. The second kappa shape index (κ2) is 4.14. The topological polar surface area (TPSA) is 46.3 Å². The summed E-state index contributed by atoms with van der Waals surface area (Å²) < 4.78 is 0. The molecule has 15 heavy (non-hydrogen) atoms. The van der Waals surface area contributed by atoms with Gasteiger partial charge in [0, 0.05) is 24.2 Å². The summed E-state index contributed by atoms with van der Waals surface area (Å²) in [6.07, 6.45) is 0.925. The third-order valence-electron chi connectivity index (χ3n) is 2.51. The van der Waals surface area contributed by atoms with E-state index in [2.05, 4.69) is 0 Å². The van der Waals surface area contributed by atoms with Crippen LogP contribution in [-0.2, 0) is 4.79 Å². The Morgan fingerprint density at radius 3 is 2.93 bits per heavy atom. The zero-order valence-electron chi connectivity index (χ0n) is 8.64. The summed E-state index contributed by atoms with van der Waals surface area (Å²) in [6.45, 7) is 0.860. The van der Waals surface area contributed by atoms with Crippen molar-refractivity contribution in [2.75, 3.05) is 19.3 Å². The molecule has 1 amide bonds. The van der Waals surface area contributed by atoms with Gasteiger partial charge in [-0.3, -0.25) is 4.79 Å². The molecule has 0 saturated carbocycles. The van der Waals surface area contributed by atoms with Gasteiger partial charge in [-0.05, 0) is 24.6 Å². The maximum absolute atomic E-state index is 11.7. The van der Waals surface area contributed by atoms with E-state index in [1.54, 1.807) is 16.7 Å². The zero-order valence-corrected chi connectivity index (χ0v) is 9.46. The number of benzene rings is 1. The van der Waals surface area contributed by atoms with Crippen LogP contribution in [0.2, 0.25) is 0 Å². The Kier molecular flexibility index (Phi) is 2.86. The minimum atomic E-state index is 0.0665. The van der Waals surface area contributed by atoms with Gasteiger partial charge in [-0.2, -0.15) is 0 Å². The van der Waals surface area contributed by atoms with Gasteiger partial charge in [0.2, 0.25) is 5.91 Å². The molecule has 0 aromatic heterocycles. The highest BCUT2D eigenvalue weighted by molar-refractivity contribution is 8.00. The largest absolute Gasteiger partial charge is 0.399 e. The number of carbonyl (C=O) groups excluding carboxylic acids is 1. The second-order valence-corrected chi connectivity index (χ2v) is 5.00. The quantitative estimate of drug-likeness (QED) is 0.773. The lowest BCUT2D eigenvalue weighted by atomic mass is 10.3. The Morgan fingerprint density at radius 2 is 2.33 bits per heavy atom. The summed E-state index contributed by atoms with van der Waals surface area (Å²) in [5, 5.41) is 0.0665. The molecule has 1 atom stereocenters. The van der Waals surface area contributed by atoms with Crippen LogP contribution in [-0.4, -0.2) is 29.6 Å². The first-order valence-electron chi connectivity index (χ1n) is 4.94. The van der Waals surface area contributed by atoms with Crippen molar-refractivity contribution in [1.82, 2.24) is 4.90 Å². The summed E-state index contributed by atoms with van der Waals surface area (Å²) in [7, 11) is 1.85. The number of nitrogens with two attached hydrogens (primary N) is 1. The van der Waals surface area contributed by atoms with E-state index in [4.69, 9.17) is 5.73 Å². The third-order valence-corrected chi connectivity index (χ3v) is 3.76. The van der Waals surface area contributed by atoms with E-state index in [1.165, 1.54) is 0 Å². The Morgan fingerprint density at radius 1 is 1.53 bits per heavy atom. The van der Waals surface area contributed by atoms with Crippen molar-refractivity contribution in [2.24, 2.45) is 0 Å². The van der Waals surface area contributed by atoms with E-state index >= 15 is 0 Å². The lowest BCUT2D eigenvalue weighted by molar-refractivity contribution is -0.126. The molecule has 80 valence electrons. The van der Waals surface area contributed by atoms with Crippen molar-refractivity contribution >= 4 is 23.4 Å². The highest BCUT2D eigenvalue weighted by Crippen LogP contribution is 2.30. The summed E-state index contributed by atoms with van der Waals surface area (Å²) in [5.41, 5.74) is 6.44. The molecule has 2 rings (SSSR count). The molecule has 1 fully saturated rings. The molecule has 0 aliphatic carbocycles. The van der Waals surface area contributed by atoms with Crippen LogP contribution >= 0.6 is 11.8 Å². The van der Waals surface area contributed by atoms with Gasteiger partial charge in [0.05, 0.1) is 5.25 Å². The van der Waals surface area contributed by atoms with Crippen molar-refractivity contribution in [3.8, 4) is 0 Å². The Bertz CT molecular complexity index is 381. The minimum absolute atomic E-state index is 0.0665. The van der Waals surface area contributed by atoms with Crippen LogP contribution in [0.25, 0.3) is 0 Å². The molecule has 1 saturated heterocycles. The van der Waals surface area contributed by atoms with Gasteiger partial charge in [0.15, 0.2) is 0 Å². The SMILES string of the molecule is CN1CCC(Sc2cccc(N)c2)C1=O. The Balaban J connectivity index is 2.06. The van der Waals surface area contributed by atoms with Crippen LogP contribution in [0.4, 0.5) is 5.69 Å². The second-order valence-electron chi connectivity index (χ2n) is 3.73. The van der Waals surface area contributed by atoms with Gasteiger partial charge >= 0.3 is 0 Å². The summed E-state index contributed by atoms with van der Waals surface area (Å²) in [5.74, 6) is 0.224. The number of nitrogens with zero attached hydrogens (tertiary/aromatic N) is 1. The van der Waals surface area contributed by atoms with Crippen LogP contribution in [0.1, 0.15) is 6.42 Å². The number of hydrogen-bond acceptors (Lipinski definition) is 3. The Labute approximate surface area is 93.6 Å². The standard InChI is InChI=1S/C11H14N2OS/c1-13-6-5-10(11(13)14)15-9-4-2-3-8(12)7-9/h2-4,7,10H,5-6,12H2,1H3. The van der Waals surface area contributed by atoms with E-state index in [0.717, 1.165) is 23.5 Å². The monoisotopic (exact) mass is 222 g/mol. The fraction of sp³-hybridized carbons (Fsp3) is 0.364. The van der Waals surface area contributed by atoms with Crippen molar-refractivity contribution in [3.63, 3.8) is 0 Å². The smallest absolute Gasteiger partial charge is 0.235 e. The fourth-order valence-corrected chi connectivity index (χ4v) is 2.85. The van der Waals surface area contributed by atoms with E-state index in [9.17, 15) is 4.79 Å². The van der Waals surface area contributed by atoms with Gasteiger partial charge in [0.1, 0.15) is 0 Å². The maximum atomic E-state index is 11.7. The molecule has 0 radical (unpaired) electrons. The van der Waals surface area contributed by atoms with Crippen LogP contribution < -0.4 is 5.73 Å². The number of carbonyl (C=O) groups is 1. The summed E-state index contributed by atoms with van der Waals surface area (Å²) in [6, 6.07) is 7.68. The van der Waals surface area contributed by atoms with E-state index in [0.29, 0.717) is 0 Å². The van der Waals surface area contributed by atoms with Gasteiger partial charge < -0.3 is 10.6 Å². The highest BCUT2D eigenvalue weighted by Gasteiger charge is 2.29. The predicted octanol–water partition coefficient (Wildman–Crippen LogP) is 1.59. The summed E-state index contributed by atoms with van der Waals surface area (Å²) >= 11 is 1.61. The molecule has 1 aromatic rings. The van der Waals surface area contributed by atoms with Crippen molar-refractivity contribution in [1.29, 1.82) is 0 Å². The maximum Gasteiger partial charge on any atom is 0.235 e. The zero-order chi connectivity index (χ0) is 10.8. The van der Waals surface area contributed by atoms with Gasteiger partial charge in [-0.1, -0.05) is 6.07 Å². The van der Waals surface area contributed by atoms with Crippen LogP contribution in [0.15, 0.2) is 29.2 Å². The molecule has 0 bridgehead atoms. The molecule has 0 spiro atoms. The van der Waals surface area contributed by atoms with Crippen LogP contribution in [0.3, 0.4) is 0 Å². The average molecular weight is 222 g/mol. The van der Waals surface area contributed by atoms with Crippen LogP contribution in [0.5, 0.6) is 0 Å². The number of thioether (sulfide) groups is 1. The molecule has 3 nitrogen and oxygen atoms in total. The van der Waals surface area contributed by atoms with Gasteiger partial charge in [0.25, 0.3) is 0 Å². The van der Waals surface area contributed by atoms with Crippen molar-refractivity contribution < 1.29 is 4.79 Å². The predicted molar refractivity (Wildman–Crippen MR) is 62.8 cm³/mol. The first kappa shape index (κ1) is 10.4. The van der Waals surface area contributed by atoms with Crippen molar-refractivity contribution in [2.45, 2.75) is 16.6 Å². The normalized spacial score (nSPS) is 21.0. The highest BCUT2D eigenvalue weighted by atomic mass is 32.2. The van der Waals surface area contributed by atoms with E-state index in [1.807, 2.05) is 31.3 Å². The lowest BCUT2D eigenvalue weighted by Gasteiger charge is -2.10. The molecule has 2 N–H and O–H groups in total. The molecule has 1 unspecified atom stereocenters. The van der Waals surface area contributed by atoms with Gasteiger partial charge in [-0.15, -0.1) is 11.8 Å². The number of likely N-dealkylation sites (tertiary alicyclic amines) is 1. The third kappa shape index (κ3) is 2.26. The summed E-state index contributed by atoms with van der Waals surface area (Å²) in [4.78, 5) is 14.5. The number of anilines is 1. The molecule has 4 heteroatoms. The Hall–Kier alpha value is -1.16.